The van der Waals surface area contributed by atoms with E-state index < -0.39 is 5.60 Å². The number of benzene rings is 1. The van der Waals surface area contributed by atoms with Crippen LogP contribution in [0, 0.1) is 0 Å². The molecule has 2 heterocycles. The van der Waals surface area contributed by atoms with E-state index in [2.05, 4.69) is 0 Å². The van der Waals surface area contributed by atoms with Gasteiger partial charge in [0.25, 0.3) is 0 Å². The molecule has 98 valence electrons. The van der Waals surface area contributed by atoms with Crippen molar-refractivity contribution in [2.24, 2.45) is 0 Å². The lowest BCUT2D eigenvalue weighted by Gasteiger charge is -2.14. The zero-order valence-electron chi connectivity index (χ0n) is 10.8. The van der Waals surface area contributed by atoms with Crippen molar-refractivity contribution in [2.45, 2.75) is 12.5 Å². The summed E-state index contributed by atoms with van der Waals surface area (Å²) in [4.78, 5) is 11.5. The second-order valence-electron chi connectivity index (χ2n) is 4.49. The average molecular weight is 258 g/mol. The van der Waals surface area contributed by atoms with Crippen molar-refractivity contribution in [1.82, 2.24) is 0 Å². The molecule has 0 amide bonds. The third-order valence-electron chi connectivity index (χ3n) is 3.29. The zero-order valence-corrected chi connectivity index (χ0v) is 10.8. The fourth-order valence-corrected chi connectivity index (χ4v) is 2.36. The Bertz CT molecular complexity index is 708. The van der Waals surface area contributed by atoms with Gasteiger partial charge in [-0.05, 0) is 25.1 Å². The molecule has 1 aliphatic rings. The molecule has 19 heavy (non-hydrogen) atoms. The van der Waals surface area contributed by atoms with Gasteiger partial charge in [0.2, 0.25) is 0 Å². The summed E-state index contributed by atoms with van der Waals surface area (Å²) in [6.45, 7) is 2.49. The first-order valence-corrected chi connectivity index (χ1v) is 6.09. The SMILES string of the molecule is CC=CC1(c2c(OC)ccc3ccc(=O)oc23)CO1. The number of ether oxygens (including phenoxy) is 2. The van der Waals surface area contributed by atoms with Gasteiger partial charge in [0.15, 0.2) is 0 Å². The number of epoxide rings is 1. The maximum atomic E-state index is 11.5. The van der Waals surface area contributed by atoms with Gasteiger partial charge in [-0.25, -0.2) is 4.79 Å². The molecular formula is C15H14O4. The molecule has 3 rings (SSSR count). The Labute approximate surface area is 110 Å². The van der Waals surface area contributed by atoms with E-state index in [0.29, 0.717) is 17.9 Å². The summed E-state index contributed by atoms with van der Waals surface area (Å²) in [5.41, 5.74) is 0.403. The highest BCUT2D eigenvalue weighted by Crippen LogP contribution is 2.47. The molecule has 0 bridgehead atoms. The third-order valence-corrected chi connectivity index (χ3v) is 3.29. The van der Waals surface area contributed by atoms with Crippen LogP contribution >= 0.6 is 0 Å². The van der Waals surface area contributed by atoms with E-state index in [1.165, 1.54) is 6.07 Å². The molecule has 0 N–H and O–H groups in total. The molecule has 4 heteroatoms. The first-order valence-electron chi connectivity index (χ1n) is 6.09. The summed E-state index contributed by atoms with van der Waals surface area (Å²) in [6.07, 6.45) is 3.88. The Balaban J connectivity index is 2.36. The van der Waals surface area contributed by atoms with Crippen molar-refractivity contribution in [2.75, 3.05) is 13.7 Å². The standard InChI is InChI=1S/C15H14O4/c1-3-8-15(9-18-15)13-11(17-2)6-4-10-5-7-12(16)19-14(10)13/h3-8H,9H2,1-2H3. The molecule has 1 aromatic carbocycles. The monoisotopic (exact) mass is 258 g/mol. The number of hydrogen-bond donors (Lipinski definition) is 0. The van der Waals surface area contributed by atoms with Crippen molar-refractivity contribution < 1.29 is 13.9 Å². The average Bonchev–Trinajstić information content (AvgIpc) is 3.18. The first kappa shape index (κ1) is 12.0. The molecule has 1 fully saturated rings. The Hall–Kier alpha value is -2.07. The summed E-state index contributed by atoms with van der Waals surface area (Å²) in [5, 5.41) is 0.856. The molecule has 4 nitrogen and oxygen atoms in total. The van der Waals surface area contributed by atoms with E-state index in [-0.39, 0.29) is 5.63 Å². The fourth-order valence-electron chi connectivity index (χ4n) is 2.36. The molecule has 0 radical (unpaired) electrons. The van der Waals surface area contributed by atoms with Crippen LogP contribution in [0.25, 0.3) is 11.0 Å². The predicted molar refractivity (Wildman–Crippen MR) is 71.5 cm³/mol. The lowest BCUT2D eigenvalue weighted by atomic mass is 9.96. The van der Waals surface area contributed by atoms with E-state index in [9.17, 15) is 4.79 Å². The van der Waals surface area contributed by atoms with Crippen molar-refractivity contribution in [3.63, 3.8) is 0 Å². The topological polar surface area (TPSA) is 52.0 Å². The predicted octanol–water partition coefficient (Wildman–Crippen LogP) is 2.60. The van der Waals surface area contributed by atoms with Crippen LogP contribution in [0.1, 0.15) is 12.5 Å². The van der Waals surface area contributed by atoms with Gasteiger partial charge < -0.3 is 13.9 Å². The number of hydrogen-bond acceptors (Lipinski definition) is 4. The first-order chi connectivity index (χ1) is 9.20. The van der Waals surface area contributed by atoms with Gasteiger partial charge in [0.1, 0.15) is 16.9 Å². The Morgan fingerprint density at radius 2 is 2.05 bits per heavy atom. The van der Waals surface area contributed by atoms with Gasteiger partial charge in [0.05, 0.1) is 19.3 Å². The number of rotatable bonds is 3. The van der Waals surface area contributed by atoms with Crippen molar-refractivity contribution in [3.8, 4) is 5.75 Å². The fraction of sp³-hybridized carbons (Fsp3) is 0.267. The van der Waals surface area contributed by atoms with Crippen LogP contribution < -0.4 is 10.4 Å². The molecule has 0 aliphatic carbocycles. The molecule has 1 saturated heterocycles. The van der Waals surface area contributed by atoms with Crippen LogP contribution in [0.2, 0.25) is 0 Å². The van der Waals surface area contributed by atoms with Gasteiger partial charge in [0, 0.05) is 11.5 Å². The van der Waals surface area contributed by atoms with E-state index in [1.54, 1.807) is 13.2 Å². The Kier molecular flexibility index (Phi) is 2.68. The summed E-state index contributed by atoms with van der Waals surface area (Å²) in [7, 11) is 1.59. The molecule has 2 aromatic rings. The van der Waals surface area contributed by atoms with E-state index in [1.807, 2.05) is 31.2 Å². The summed E-state index contributed by atoms with van der Waals surface area (Å²) >= 11 is 0. The quantitative estimate of drug-likeness (QED) is 0.482. The maximum absolute atomic E-state index is 11.5. The highest BCUT2D eigenvalue weighted by molar-refractivity contribution is 5.84. The maximum Gasteiger partial charge on any atom is 0.336 e. The van der Waals surface area contributed by atoms with Gasteiger partial charge in [-0.1, -0.05) is 12.2 Å². The zero-order chi connectivity index (χ0) is 13.5. The van der Waals surface area contributed by atoms with Crippen LogP contribution in [0.5, 0.6) is 5.75 Å². The van der Waals surface area contributed by atoms with E-state index in [4.69, 9.17) is 13.9 Å². The highest BCUT2D eigenvalue weighted by atomic mass is 16.6. The third kappa shape index (κ3) is 1.85. The summed E-state index contributed by atoms with van der Waals surface area (Å²) in [6, 6.07) is 6.89. The second kappa shape index (κ2) is 4.24. The van der Waals surface area contributed by atoms with Crippen LogP contribution in [0.4, 0.5) is 0 Å². The van der Waals surface area contributed by atoms with Crippen molar-refractivity contribution in [1.29, 1.82) is 0 Å². The minimum Gasteiger partial charge on any atom is -0.496 e. The molecule has 1 aromatic heterocycles. The highest BCUT2D eigenvalue weighted by Gasteiger charge is 2.48. The van der Waals surface area contributed by atoms with Crippen LogP contribution in [0.3, 0.4) is 0 Å². The molecule has 1 atom stereocenters. The van der Waals surface area contributed by atoms with Gasteiger partial charge in [-0.15, -0.1) is 0 Å². The lowest BCUT2D eigenvalue weighted by molar-refractivity contribution is 0.339. The summed E-state index contributed by atoms with van der Waals surface area (Å²) in [5.74, 6) is 0.664. The summed E-state index contributed by atoms with van der Waals surface area (Å²) < 4.78 is 16.3. The normalized spacial score (nSPS) is 22.0. The van der Waals surface area contributed by atoms with Crippen molar-refractivity contribution in [3.05, 3.63) is 52.4 Å². The Morgan fingerprint density at radius 1 is 1.32 bits per heavy atom. The minimum absolute atomic E-state index is 0.377. The Morgan fingerprint density at radius 3 is 2.68 bits per heavy atom. The van der Waals surface area contributed by atoms with E-state index >= 15 is 0 Å². The molecule has 1 unspecified atom stereocenters. The van der Waals surface area contributed by atoms with Crippen LogP contribution in [-0.4, -0.2) is 13.7 Å². The van der Waals surface area contributed by atoms with Gasteiger partial charge in [-0.3, -0.25) is 0 Å². The number of methoxy groups -OCH3 is 1. The van der Waals surface area contributed by atoms with Crippen LogP contribution in [0.15, 0.2) is 45.6 Å². The molecular weight excluding hydrogens is 244 g/mol. The van der Waals surface area contributed by atoms with Gasteiger partial charge in [-0.2, -0.15) is 0 Å². The van der Waals surface area contributed by atoms with Gasteiger partial charge >= 0.3 is 5.63 Å². The van der Waals surface area contributed by atoms with E-state index in [0.717, 1.165) is 10.9 Å². The minimum atomic E-state index is -0.531. The number of allylic oxidation sites excluding steroid dienone is 1. The second-order valence-corrected chi connectivity index (χ2v) is 4.49. The smallest absolute Gasteiger partial charge is 0.336 e. The van der Waals surface area contributed by atoms with Crippen LogP contribution in [-0.2, 0) is 10.3 Å². The molecule has 0 spiro atoms. The van der Waals surface area contributed by atoms with Crippen molar-refractivity contribution >= 4 is 11.0 Å². The molecule has 1 aliphatic heterocycles. The lowest BCUT2D eigenvalue weighted by Crippen LogP contribution is -2.09. The number of fused-ring (bicyclic) bond motifs is 1. The largest absolute Gasteiger partial charge is 0.496 e. The molecule has 0 saturated carbocycles.